The molecule has 1 N–H and O–H groups in total. The second-order valence-corrected chi connectivity index (χ2v) is 4.84. The predicted octanol–water partition coefficient (Wildman–Crippen LogP) is 4.25. The van der Waals surface area contributed by atoms with Crippen LogP contribution in [0.1, 0.15) is 10.4 Å². The van der Waals surface area contributed by atoms with Crippen LogP contribution in [0.15, 0.2) is 54.7 Å². The Morgan fingerprint density at radius 1 is 1.10 bits per heavy atom. The van der Waals surface area contributed by atoms with E-state index in [-0.39, 0.29) is 5.56 Å². The van der Waals surface area contributed by atoms with E-state index in [4.69, 9.17) is 11.6 Å². The minimum absolute atomic E-state index is 0.223. The molecule has 0 spiro atoms. The minimum Gasteiger partial charge on any atom is -0.478 e. The lowest BCUT2D eigenvalue weighted by Gasteiger charge is -2.08. The van der Waals surface area contributed by atoms with Gasteiger partial charge in [0.15, 0.2) is 0 Å². The number of rotatable bonds is 2. The number of fused-ring (bicyclic) bond motifs is 1. The van der Waals surface area contributed by atoms with Crippen molar-refractivity contribution in [2.75, 3.05) is 0 Å². The third-order valence-corrected chi connectivity index (χ3v) is 3.37. The zero-order valence-corrected chi connectivity index (χ0v) is 11.1. The van der Waals surface area contributed by atoms with Crippen molar-refractivity contribution >= 4 is 28.5 Å². The summed E-state index contributed by atoms with van der Waals surface area (Å²) in [5.74, 6) is -0.965. The van der Waals surface area contributed by atoms with Gasteiger partial charge in [-0.05, 0) is 41.5 Å². The zero-order valence-electron chi connectivity index (χ0n) is 10.4. The van der Waals surface area contributed by atoms with E-state index in [2.05, 4.69) is 4.98 Å². The van der Waals surface area contributed by atoms with E-state index in [1.54, 1.807) is 30.5 Å². The van der Waals surface area contributed by atoms with E-state index in [9.17, 15) is 9.90 Å². The maximum Gasteiger partial charge on any atom is 0.335 e. The molecule has 0 saturated heterocycles. The van der Waals surface area contributed by atoms with E-state index in [1.165, 1.54) is 0 Å². The molecule has 2 aromatic carbocycles. The highest BCUT2D eigenvalue weighted by atomic mass is 35.5. The molecular weight excluding hydrogens is 274 g/mol. The van der Waals surface area contributed by atoms with Gasteiger partial charge >= 0.3 is 5.97 Å². The third kappa shape index (κ3) is 2.24. The van der Waals surface area contributed by atoms with Crippen LogP contribution in [0.5, 0.6) is 0 Å². The van der Waals surface area contributed by atoms with E-state index in [0.29, 0.717) is 10.5 Å². The Morgan fingerprint density at radius 3 is 2.55 bits per heavy atom. The lowest BCUT2D eigenvalue weighted by atomic mass is 9.98. The van der Waals surface area contributed by atoms with E-state index >= 15 is 0 Å². The topological polar surface area (TPSA) is 50.2 Å². The van der Waals surface area contributed by atoms with Gasteiger partial charge in [0.25, 0.3) is 0 Å². The maximum atomic E-state index is 11.2. The van der Waals surface area contributed by atoms with Crippen LogP contribution in [0.4, 0.5) is 0 Å². The molecule has 1 heterocycles. The van der Waals surface area contributed by atoms with Crippen LogP contribution >= 0.6 is 11.6 Å². The molecule has 3 aromatic rings. The highest BCUT2D eigenvalue weighted by Crippen LogP contribution is 2.30. The van der Waals surface area contributed by atoms with Gasteiger partial charge in [0.05, 0.1) is 11.1 Å². The molecule has 0 aliphatic rings. The molecule has 20 heavy (non-hydrogen) atoms. The Bertz CT molecular complexity index is 797. The molecule has 0 aliphatic heterocycles. The zero-order chi connectivity index (χ0) is 14.1. The molecule has 0 atom stereocenters. The number of aromatic nitrogens is 1. The number of hydrogen-bond donors (Lipinski definition) is 1. The van der Waals surface area contributed by atoms with Crippen molar-refractivity contribution < 1.29 is 9.90 Å². The van der Waals surface area contributed by atoms with Gasteiger partial charge in [0.2, 0.25) is 0 Å². The van der Waals surface area contributed by atoms with Crippen molar-refractivity contribution in [2.45, 2.75) is 0 Å². The normalized spacial score (nSPS) is 10.7. The number of pyridine rings is 1. The van der Waals surface area contributed by atoms with Gasteiger partial charge in [-0.15, -0.1) is 0 Å². The highest BCUT2D eigenvalue weighted by molar-refractivity contribution is 6.30. The van der Waals surface area contributed by atoms with Crippen molar-refractivity contribution in [2.24, 2.45) is 0 Å². The molecule has 1 aromatic heterocycles. The van der Waals surface area contributed by atoms with Gasteiger partial charge in [-0.2, -0.15) is 0 Å². The fourth-order valence-electron chi connectivity index (χ4n) is 2.17. The smallest absolute Gasteiger partial charge is 0.335 e. The molecule has 0 unspecified atom stereocenters. The first kappa shape index (κ1) is 12.6. The monoisotopic (exact) mass is 283 g/mol. The van der Waals surface area contributed by atoms with Crippen LogP contribution in [0.2, 0.25) is 5.02 Å². The minimum atomic E-state index is -0.965. The Hall–Kier alpha value is -2.39. The highest BCUT2D eigenvalue weighted by Gasteiger charge is 2.11. The van der Waals surface area contributed by atoms with E-state index in [1.807, 2.05) is 24.3 Å². The number of nitrogens with zero attached hydrogens (tertiary/aromatic N) is 1. The van der Waals surface area contributed by atoms with Crippen LogP contribution in [-0.4, -0.2) is 16.1 Å². The molecule has 0 aliphatic carbocycles. The van der Waals surface area contributed by atoms with Gasteiger partial charge in [-0.1, -0.05) is 29.8 Å². The van der Waals surface area contributed by atoms with Gasteiger partial charge in [-0.25, -0.2) is 4.79 Å². The van der Waals surface area contributed by atoms with Crippen molar-refractivity contribution in [3.8, 4) is 11.1 Å². The number of benzene rings is 2. The Labute approximate surface area is 120 Å². The summed E-state index contributed by atoms with van der Waals surface area (Å²) in [5, 5.41) is 10.8. The van der Waals surface area contributed by atoms with E-state index in [0.717, 1.165) is 16.5 Å². The van der Waals surface area contributed by atoms with Crippen molar-refractivity contribution in [1.82, 2.24) is 4.98 Å². The van der Waals surface area contributed by atoms with Crippen LogP contribution < -0.4 is 0 Å². The van der Waals surface area contributed by atoms with Crippen molar-refractivity contribution in [1.29, 1.82) is 0 Å². The summed E-state index contributed by atoms with van der Waals surface area (Å²) in [6.45, 7) is 0. The standard InChI is InChI=1S/C16H10ClNO2/c17-12-5-3-10(4-6-12)14-8-11(16(19)20)9-15-13(14)2-1-7-18-15/h1-9H,(H,19,20). The fraction of sp³-hybridized carbons (Fsp3) is 0. The molecule has 98 valence electrons. The molecule has 0 saturated carbocycles. The maximum absolute atomic E-state index is 11.2. The lowest BCUT2D eigenvalue weighted by Crippen LogP contribution is -1.97. The first-order chi connectivity index (χ1) is 9.65. The summed E-state index contributed by atoms with van der Waals surface area (Å²) in [6, 6.07) is 14.3. The number of carboxylic acids is 1. The Morgan fingerprint density at radius 2 is 1.85 bits per heavy atom. The molecular formula is C16H10ClNO2. The van der Waals surface area contributed by atoms with Gasteiger partial charge in [0, 0.05) is 16.6 Å². The summed E-state index contributed by atoms with van der Waals surface area (Å²) in [5.41, 5.74) is 2.64. The number of hydrogen-bond acceptors (Lipinski definition) is 2. The Kier molecular flexibility index (Phi) is 3.12. The predicted molar refractivity (Wildman–Crippen MR) is 79.1 cm³/mol. The molecule has 0 amide bonds. The molecule has 0 radical (unpaired) electrons. The Balaban J connectivity index is 2.32. The fourth-order valence-corrected chi connectivity index (χ4v) is 2.30. The largest absolute Gasteiger partial charge is 0.478 e. The number of halogens is 1. The summed E-state index contributed by atoms with van der Waals surface area (Å²) in [6.07, 6.45) is 1.65. The van der Waals surface area contributed by atoms with Crippen LogP contribution in [0.25, 0.3) is 22.0 Å². The van der Waals surface area contributed by atoms with Crippen molar-refractivity contribution in [3.05, 3.63) is 65.3 Å². The molecule has 0 bridgehead atoms. The molecule has 4 heteroatoms. The van der Waals surface area contributed by atoms with Crippen LogP contribution in [-0.2, 0) is 0 Å². The average Bonchev–Trinajstić information content (AvgIpc) is 2.47. The van der Waals surface area contributed by atoms with Gasteiger partial charge in [0.1, 0.15) is 0 Å². The van der Waals surface area contributed by atoms with Gasteiger partial charge < -0.3 is 5.11 Å². The lowest BCUT2D eigenvalue weighted by molar-refractivity contribution is 0.0697. The number of carboxylic acid groups (broad SMARTS) is 1. The summed E-state index contributed by atoms with van der Waals surface area (Å²) >= 11 is 5.89. The number of aromatic carboxylic acids is 1. The first-order valence-corrected chi connectivity index (χ1v) is 6.41. The quantitative estimate of drug-likeness (QED) is 0.765. The molecule has 3 nitrogen and oxygen atoms in total. The van der Waals surface area contributed by atoms with Crippen LogP contribution in [0.3, 0.4) is 0 Å². The van der Waals surface area contributed by atoms with Crippen LogP contribution in [0, 0.1) is 0 Å². The summed E-state index contributed by atoms with van der Waals surface area (Å²) in [4.78, 5) is 15.5. The number of carbonyl (C=O) groups is 1. The second-order valence-electron chi connectivity index (χ2n) is 4.41. The summed E-state index contributed by atoms with van der Waals surface area (Å²) < 4.78 is 0. The molecule has 0 fully saturated rings. The SMILES string of the molecule is O=C(O)c1cc(-c2ccc(Cl)cc2)c2cccnc2c1. The van der Waals surface area contributed by atoms with Gasteiger partial charge in [-0.3, -0.25) is 4.98 Å². The van der Waals surface area contributed by atoms with Crippen molar-refractivity contribution in [3.63, 3.8) is 0 Å². The first-order valence-electron chi connectivity index (χ1n) is 6.03. The molecule has 3 rings (SSSR count). The third-order valence-electron chi connectivity index (χ3n) is 3.12. The average molecular weight is 284 g/mol. The van der Waals surface area contributed by atoms with E-state index < -0.39 is 5.97 Å². The summed E-state index contributed by atoms with van der Waals surface area (Å²) in [7, 11) is 0. The second kappa shape index (κ2) is 4.94.